The standard InChI is InChI=1S/C23H27F2N3O4/c1-23(2)7-6-16(10-27(3)13-23)28-11-17(20(30)21(31)19(28)12-29)22(32)26-9-14-4-5-15(24)8-18(14)25/h4-5,8,11-12,16,31H,6-7,9-10,13H2,1-3H3,(H,26,32). The zero-order chi connectivity index (χ0) is 23.6. The van der Waals surface area contributed by atoms with Gasteiger partial charge in [0.25, 0.3) is 5.91 Å². The van der Waals surface area contributed by atoms with E-state index in [-0.39, 0.29) is 34.8 Å². The summed E-state index contributed by atoms with van der Waals surface area (Å²) in [5, 5.41) is 12.8. The molecule has 32 heavy (non-hydrogen) atoms. The van der Waals surface area contributed by atoms with E-state index >= 15 is 0 Å². The van der Waals surface area contributed by atoms with E-state index in [4.69, 9.17) is 0 Å². The molecule has 0 aliphatic carbocycles. The van der Waals surface area contributed by atoms with Gasteiger partial charge in [-0.05, 0) is 31.4 Å². The number of aromatic hydroxyl groups is 1. The average Bonchev–Trinajstić information content (AvgIpc) is 2.85. The van der Waals surface area contributed by atoms with Gasteiger partial charge in [0.05, 0.1) is 0 Å². The third-order valence-electron chi connectivity index (χ3n) is 5.83. The smallest absolute Gasteiger partial charge is 0.257 e. The number of likely N-dealkylation sites (N-methyl/N-ethyl adjacent to an activating group) is 1. The number of aldehydes is 1. The van der Waals surface area contributed by atoms with Crippen LogP contribution in [-0.4, -0.2) is 46.9 Å². The number of benzene rings is 1. The zero-order valence-corrected chi connectivity index (χ0v) is 18.3. The minimum absolute atomic E-state index is 0.0430. The maximum Gasteiger partial charge on any atom is 0.257 e. The molecule has 1 fully saturated rings. The summed E-state index contributed by atoms with van der Waals surface area (Å²) >= 11 is 0. The van der Waals surface area contributed by atoms with Crippen molar-refractivity contribution >= 4 is 12.2 Å². The zero-order valence-electron chi connectivity index (χ0n) is 18.3. The van der Waals surface area contributed by atoms with Crippen LogP contribution >= 0.6 is 0 Å². The second kappa shape index (κ2) is 9.20. The van der Waals surface area contributed by atoms with E-state index in [1.165, 1.54) is 16.8 Å². The molecule has 172 valence electrons. The lowest BCUT2D eigenvalue weighted by molar-refractivity contribution is 0.0946. The van der Waals surface area contributed by atoms with Crippen LogP contribution < -0.4 is 10.7 Å². The lowest BCUT2D eigenvalue weighted by Crippen LogP contribution is -2.34. The highest BCUT2D eigenvalue weighted by Crippen LogP contribution is 2.33. The number of nitrogens with one attached hydrogen (secondary N) is 1. The molecule has 1 aliphatic heterocycles. The lowest BCUT2D eigenvalue weighted by atomic mass is 9.87. The Hall–Kier alpha value is -3.07. The molecule has 2 N–H and O–H groups in total. The molecule has 0 bridgehead atoms. The van der Waals surface area contributed by atoms with Crippen LogP contribution in [0.2, 0.25) is 0 Å². The average molecular weight is 447 g/mol. The molecular formula is C23H27F2N3O4. The van der Waals surface area contributed by atoms with E-state index in [2.05, 4.69) is 24.1 Å². The first-order chi connectivity index (χ1) is 15.0. The van der Waals surface area contributed by atoms with E-state index in [1.807, 2.05) is 7.05 Å². The van der Waals surface area contributed by atoms with Gasteiger partial charge < -0.3 is 19.9 Å². The number of hydrogen-bond acceptors (Lipinski definition) is 5. The second-order valence-corrected chi connectivity index (χ2v) is 9.10. The molecule has 1 aliphatic rings. The Morgan fingerprint density at radius 2 is 2.06 bits per heavy atom. The number of hydrogen-bond donors (Lipinski definition) is 2. The summed E-state index contributed by atoms with van der Waals surface area (Å²) in [6.45, 7) is 5.41. The molecule has 3 rings (SSSR count). The van der Waals surface area contributed by atoms with E-state index < -0.39 is 28.7 Å². The molecule has 1 atom stereocenters. The Morgan fingerprint density at radius 1 is 1.34 bits per heavy atom. The van der Waals surface area contributed by atoms with Crippen molar-refractivity contribution < 1.29 is 23.5 Å². The molecule has 9 heteroatoms. The molecule has 0 spiro atoms. The second-order valence-electron chi connectivity index (χ2n) is 9.10. The minimum atomic E-state index is -0.984. The molecule has 2 aromatic rings. The van der Waals surface area contributed by atoms with Gasteiger partial charge in [0.1, 0.15) is 22.9 Å². The lowest BCUT2D eigenvalue weighted by Gasteiger charge is -2.26. The fraction of sp³-hybridized carbons (Fsp3) is 0.435. The summed E-state index contributed by atoms with van der Waals surface area (Å²) in [7, 11) is 1.95. The summed E-state index contributed by atoms with van der Waals surface area (Å²) in [6, 6.07) is 2.71. The summed E-state index contributed by atoms with van der Waals surface area (Å²) in [4.78, 5) is 39.1. The Morgan fingerprint density at radius 3 is 2.72 bits per heavy atom. The van der Waals surface area contributed by atoms with Crippen molar-refractivity contribution in [3.63, 3.8) is 0 Å². The van der Waals surface area contributed by atoms with Gasteiger partial charge in [0, 0.05) is 43.5 Å². The van der Waals surface area contributed by atoms with Crippen LogP contribution in [0.25, 0.3) is 0 Å². The van der Waals surface area contributed by atoms with Crippen molar-refractivity contribution in [3.05, 3.63) is 63.1 Å². The molecule has 1 amide bonds. The molecule has 2 heterocycles. The monoisotopic (exact) mass is 447 g/mol. The van der Waals surface area contributed by atoms with Gasteiger partial charge in [0.15, 0.2) is 12.0 Å². The maximum atomic E-state index is 13.8. The van der Waals surface area contributed by atoms with Crippen molar-refractivity contribution in [2.75, 3.05) is 20.1 Å². The van der Waals surface area contributed by atoms with Crippen molar-refractivity contribution in [3.8, 4) is 5.75 Å². The molecule has 7 nitrogen and oxygen atoms in total. The predicted octanol–water partition coefficient (Wildman–Crippen LogP) is 2.87. The molecule has 1 saturated heterocycles. The highest BCUT2D eigenvalue weighted by atomic mass is 19.1. The third-order valence-corrected chi connectivity index (χ3v) is 5.83. The van der Waals surface area contributed by atoms with Crippen LogP contribution in [-0.2, 0) is 6.54 Å². The van der Waals surface area contributed by atoms with Crippen LogP contribution in [0, 0.1) is 17.0 Å². The van der Waals surface area contributed by atoms with Crippen LogP contribution in [0.4, 0.5) is 8.78 Å². The number of pyridine rings is 1. The van der Waals surface area contributed by atoms with Crippen molar-refractivity contribution in [2.24, 2.45) is 5.41 Å². The fourth-order valence-electron chi connectivity index (χ4n) is 4.26. The number of amides is 1. The number of carbonyl (C=O) groups is 2. The predicted molar refractivity (Wildman–Crippen MR) is 115 cm³/mol. The topological polar surface area (TPSA) is 91.6 Å². The van der Waals surface area contributed by atoms with Gasteiger partial charge in [-0.25, -0.2) is 8.78 Å². The first-order valence-electron chi connectivity index (χ1n) is 10.4. The van der Waals surface area contributed by atoms with Gasteiger partial charge >= 0.3 is 0 Å². The van der Waals surface area contributed by atoms with Crippen molar-refractivity contribution in [1.82, 2.24) is 14.8 Å². The summed E-state index contributed by atoms with van der Waals surface area (Å²) in [5.74, 6) is -3.20. The third kappa shape index (κ3) is 5.04. The first-order valence-corrected chi connectivity index (χ1v) is 10.4. The number of aromatic nitrogens is 1. The van der Waals surface area contributed by atoms with Gasteiger partial charge in [-0.2, -0.15) is 0 Å². The van der Waals surface area contributed by atoms with E-state index in [0.29, 0.717) is 25.3 Å². The summed E-state index contributed by atoms with van der Waals surface area (Å²) in [6.07, 6.45) is 3.21. The number of carbonyl (C=O) groups excluding carboxylic acids is 2. The largest absolute Gasteiger partial charge is 0.503 e. The number of nitrogens with zero attached hydrogens (tertiary/aromatic N) is 2. The van der Waals surface area contributed by atoms with E-state index in [0.717, 1.165) is 19.0 Å². The summed E-state index contributed by atoms with van der Waals surface area (Å²) < 4.78 is 28.4. The fourth-order valence-corrected chi connectivity index (χ4v) is 4.26. The molecule has 1 aromatic carbocycles. The number of rotatable bonds is 5. The minimum Gasteiger partial charge on any atom is -0.503 e. The van der Waals surface area contributed by atoms with Crippen LogP contribution in [0.1, 0.15) is 59.1 Å². The Labute approximate surface area is 184 Å². The van der Waals surface area contributed by atoms with E-state index in [1.54, 1.807) is 0 Å². The van der Waals surface area contributed by atoms with Crippen LogP contribution in [0.3, 0.4) is 0 Å². The first kappa shape index (κ1) is 23.6. The van der Waals surface area contributed by atoms with Gasteiger partial charge in [0.2, 0.25) is 5.43 Å². The normalized spacial score (nSPS) is 18.7. The van der Waals surface area contributed by atoms with Crippen molar-refractivity contribution in [2.45, 2.75) is 39.3 Å². The van der Waals surface area contributed by atoms with Gasteiger partial charge in [-0.15, -0.1) is 0 Å². The number of likely N-dealkylation sites (tertiary alicyclic amines) is 1. The molecule has 1 aromatic heterocycles. The van der Waals surface area contributed by atoms with Crippen molar-refractivity contribution in [1.29, 1.82) is 0 Å². The van der Waals surface area contributed by atoms with Gasteiger partial charge in [-0.3, -0.25) is 14.4 Å². The Balaban J connectivity index is 1.93. The van der Waals surface area contributed by atoms with Crippen LogP contribution in [0.5, 0.6) is 5.75 Å². The Bertz CT molecular complexity index is 1100. The number of halogens is 2. The summed E-state index contributed by atoms with van der Waals surface area (Å²) in [5.41, 5.74) is -1.44. The molecule has 1 unspecified atom stereocenters. The molecule has 0 radical (unpaired) electrons. The van der Waals surface area contributed by atoms with Crippen LogP contribution in [0.15, 0.2) is 29.2 Å². The highest BCUT2D eigenvalue weighted by Gasteiger charge is 2.30. The molecule has 0 saturated carbocycles. The SMILES string of the molecule is CN1CC(n2cc(C(=O)NCc3ccc(F)cc3F)c(=O)c(O)c2C=O)CCC(C)(C)C1. The van der Waals surface area contributed by atoms with Gasteiger partial charge in [-0.1, -0.05) is 19.9 Å². The van der Waals surface area contributed by atoms with E-state index in [9.17, 15) is 28.3 Å². The quantitative estimate of drug-likeness (QED) is 0.688. The maximum absolute atomic E-state index is 13.8. The Kier molecular flexibility index (Phi) is 6.78. The molecular weight excluding hydrogens is 420 g/mol. The highest BCUT2D eigenvalue weighted by molar-refractivity contribution is 5.95.